The van der Waals surface area contributed by atoms with Gasteiger partial charge in [-0.15, -0.1) is 0 Å². The summed E-state index contributed by atoms with van der Waals surface area (Å²) in [5.74, 6) is -0.0669. The smallest absolute Gasteiger partial charge is 0.253 e. The van der Waals surface area contributed by atoms with Crippen molar-refractivity contribution in [3.63, 3.8) is 0 Å². The summed E-state index contributed by atoms with van der Waals surface area (Å²) < 4.78 is 28.0. The van der Waals surface area contributed by atoms with E-state index in [1.165, 1.54) is 0 Å². The fourth-order valence-corrected chi connectivity index (χ4v) is 5.19. The van der Waals surface area contributed by atoms with Crippen LogP contribution in [0.5, 0.6) is 0 Å². The van der Waals surface area contributed by atoms with Crippen LogP contribution in [0.15, 0.2) is 29.2 Å². The molecule has 7 heteroatoms. The van der Waals surface area contributed by atoms with Crippen LogP contribution in [0.4, 0.5) is 0 Å². The minimum Gasteiger partial charge on any atom is -0.339 e. The molecule has 2 rings (SSSR count). The Morgan fingerprint density at radius 2 is 1.65 bits per heavy atom. The number of sulfonamides is 1. The first-order valence-electron chi connectivity index (χ1n) is 9.57. The van der Waals surface area contributed by atoms with Crippen LogP contribution >= 0.6 is 0 Å². The molecule has 1 fully saturated rings. The Morgan fingerprint density at radius 3 is 2.15 bits per heavy atom. The van der Waals surface area contributed by atoms with Crippen molar-refractivity contribution in [2.24, 2.45) is 0 Å². The second-order valence-electron chi connectivity index (χ2n) is 6.60. The molecule has 0 aliphatic carbocycles. The first-order chi connectivity index (χ1) is 12.5. The lowest BCUT2D eigenvalue weighted by Gasteiger charge is -2.33. The van der Waals surface area contributed by atoms with Gasteiger partial charge in [0.25, 0.3) is 5.91 Å². The average molecular weight is 382 g/mol. The number of hydrogen-bond donors (Lipinski definition) is 1. The van der Waals surface area contributed by atoms with Crippen molar-refractivity contribution in [1.29, 1.82) is 0 Å². The second kappa shape index (κ2) is 9.48. The molecule has 0 saturated carbocycles. The van der Waals surface area contributed by atoms with E-state index in [-0.39, 0.29) is 16.8 Å². The van der Waals surface area contributed by atoms with Crippen molar-refractivity contribution in [2.45, 2.75) is 51.0 Å². The minimum atomic E-state index is -3.56. The molecule has 0 atom stereocenters. The molecule has 1 saturated heterocycles. The Balaban J connectivity index is 2.25. The molecule has 1 aliphatic heterocycles. The first-order valence-corrected chi connectivity index (χ1v) is 11.0. The van der Waals surface area contributed by atoms with E-state index in [1.807, 2.05) is 20.8 Å². The quantitative estimate of drug-likeness (QED) is 0.750. The third-order valence-corrected chi connectivity index (χ3v) is 6.88. The van der Waals surface area contributed by atoms with E-state index in [9.17, 15) is 13.2 Å². The van der Waals surface area contributed by atoms with Gasteiger partial charge in [0.05, 0.1) is 4.90 Å². The molecule has 1 aromatic rings. The second-order valence-corrected chi connectivity index (χ2v) is 8.49. The van der Waals surface area contributed by atoms with E-state index in [2.05, 4.69) is 5.32 Å². The first kappa shape index (κ1) is 20.9. The van der Waals surface area contributed by atoms with Crippen molar-refractivity contribution in [1.82, 2.24) is 14.5 Å². The van der Waals surface area contributed by atoms with Crippen molar-refractivity contribution in [3.05, 3.63) is 29.8 Å². The number of carbonyl (C=O) groups excluding carboxylic acids is 1. The molecular formula is C19H31N3O3S. The lowest BCUT2D eigenvalue weighted by atomic mass is 10.1. The fourth-order valence-electron chi connectivity index (χ4n) is 3.41. The number of amides is 1. The van der Waals surface area contributed by atoms with Gasteiger partial charge in [-0.05, 0) is 70.5 Å². The topological polar surface area (TPSA) is 69.7 Å². The predicted molar refractivity (Wildman–Crippen MR) is 104 cm³/mol. The molecule has 1 aliphatic rings. The maximum atomic E-state index is 13.2. The summed E-state index contributed by atoms with van der Waals surface area (Å²) in [5, 5.41) is 3.28. The van der Waals surface area contributed by atoms with Gasteiger partial charge in [0.1, 0.15) is 0 Å². The number of piperidine rings is 1. The third kappa shape index (κ3) is 4.64. The summed E-state index contributed by atoms with van der Waals surface area (Å²) in [7, 11) is -3.56. The van der Waals surface area contributed by atoms with E-state index in [0.717, 1.165) is 32.4 Å². The standard InChI is InChI=1S/C19H31N3O3S/c1-4-15-22(17-11-13-20-14-12-17)26(24,25)18-9-7-16(8-10-18)19(23)21(5-2)6-3/h7-10,17,20H,4-6,11-15H2,1-3H3. The molecule has 0 bridgehead atoms. The minimum absolute atomic E-state index is 0.0400. The summed E-state index contributed by atoms with van der Waals surface area (Å²) in [6.45, 7) is 9.34. The lowest BCUT2D eigenvalue weighted by Crippen LogP contribution is -2.46. The van der Waals surface area contributed by atoms with Crippen LogP contribution < -0.4 is 5.32 Å². The summed E-state index contributed by atoms with van der Waals surface area (Å²) in [4.78, 5) is 14.4. The summed E-state index contributed by atoms with van der Waals surface area (Å²) in [5.41, 5.74) is 0.525. The van der Waals surface area contributed by atoms with Gasteiger partial charge in [-0.25, -0.2) is 8.42 Å². The Labute approximate surface area is 157 Å². The van der Waals surface area contributed by atoms with Crippen molar-refractivity contribution < 1.29 is 13.2 Å². The van der Waals surface area contributed by atoms with E-state index >= 15 is 0 Å². The summed E-state index contributed by atoms with van der Waals surface area (Å²) >= 11 is 0. The van der Waals surface area contributed by atoms with Gasteiger partial charge in [0.2, 0.25) is 10.0 Å². The number of benzene rings is 1. The molecular weight excluding hydrogens is 350 g/mol. The Hall–Kier alpha value is -1.44. The van der Waals surface area contributed by atoms with E-state index in [0.29, 0.717) is 25.2 Å². The molecule has 1 aromatic carbocycles. The molecule has 0 aromatic heterocycles. The zero-order valence-electron chi connectivity index (χ0n) is 16.1. The largest absolute Gasteiger partial charge is 0.339 e. The zero-order valence-corrected chi connectivity index (χ0v) is 16.9. The Bertz CT molecular complexity index is 678. The molecule has 1 N–H and O–H groups in total. The molecule has 0 spiro atoms. The maximum Gasteiger partial charge on any atom is 0.253 e. The molecule has 0 radical (unpaired) electrons. The fraction of sp³-hybridized carbons (Fsp3) is 0.632. The average Bonchev–Trinajstić information content (AvgIpc) is 2.67. The van der Waals surface area contributed by atoms with Crippen LogP contribution in [-0.4, -0.2) is 62.3 Å². The highest BCUT2D eigenvalue weighted by Crippen LogP contribution is 2.23. The normalized spacial score (nSPS) is 16.0. The number of nitrogens with zero attached hydrogens (tertiary/aromatic N) is 2. The van der Waals surface area contributed by atoms with Gasteiger partial charge in [0.15, 0.2) is 0 Å². The molecule has 1 amide bonds. The molecule has 26 heavy (non-hydrogen) atoms. The molecule has 0 unspecified atom stereocenters. The van der Waals surface area contributed by atoms with Crippen molar-refractivity contribution in [2.75, 3.05) is 32.7 Å². The van der Waals surface area contributed by atoms with Gasteiger partial charge in [-0.2, -0.15) is 4.31 Å². The van der Waals surface area contributed by atoms with Crippen LogP contribution in [0.25, 0.3) is 0 Å². The maximum absolute atomic E-state index is 13.2. The number of hydrogen-bond acceptors (Lipinski definition) is 4. The summed E-state index contributed by atoms with van der Waals surface area (Å²) in [6, 6.07) is 6.42. The van der Waals surface area contributed by atoms with Gasteiger partial charge >= 0.3 is 0 Å². The van der Waals surface area contributed by atoms with Gasteiger partial charge in [-0.3, -0.25) is 4.79 Å². The van der Waals surface area contributed by atoms with Crippen molar-refractivity contribution in [3.8, 4) is 0 Å². The van der Waals surface area contributed by atoms with Crippen LogP contribution in [-0.2, 0) is 10.0 Å². The van der Waals surface area contributed by atoms with E-state index < -0.39 is 10.0 Å². The van der Waals surface area contributed by atoms with Crippen LogP contribution in [0.1, 0.15) is 50.4 Å². The number of nitrogens with one attached hydrogen (secondary N) is 1. The zero-order chi connectivity index (χ0) is 19.2. The molecule has 1 heterocycles. The van der Waals surface area contributed by atoms with Crippen LogP contribution in [0.3, 0.4) is 0 Å². The van der Waals surface area contributed by atoms with Gasteiger partial charge in [-0.1, -0.05) is 6.92 Å². The summed E-state index contributed by atoms with van der Waals surface area (Å²) in [6.07, 6.45) is 2.44. The molecule has 146 valence electrons. The van der Waals surface area contributed by atoms with E-state index in [4.69, 9.17) is 0 Å². The number of carbonyl (C=O) groups is 1. The highest BCUT2D eigenvalue weighted by molar-refractivity contribution is 7.89. The van der Waals surface area contributed by atoms with Gasteiger partial charge in [0, 0.05) is 31.2 Å². The Morgan fingerprint density at radius 1 is 1.08 bits per heavy atom. The van der Waals surface area contributed by atoms with E-state index in [1.54, 1.807) is 33.5 Å². The SMILES string of the molecule is CCCN(C1CCNCC1)S(=O)(=O)c1ccc(C(=O)N(CC)CC)cc1. The van der Waals surface area contributed by atoms with Crippen LogP contribution in [0.2, 0.25) is 0 Å². The number of rotatable bonds is 8. The highest BCUT2D eigenvalue weighted by atomic mass is 32.2. The highest BCUT2D eigenvalue weighted by Gasteiger charge is 2.31. The molecule has 6 nitrogen and oxygen atoms in total. The monoisotopic (exact) mass is 381 g/mol. The van der Waals surface area contributed by atoms with Crippen LogP contribution in [0, 0.1) is 0 Å². The Kier molecular flexibility index (Phi) is 7.61. The predicted octanol–water partition coefficient (Wildman–Crippen LogP) is 2.32. The third-order valence-electron chi connectivity index (χ3n) is 4.92. The van der Waals surface area contributed by atoms with Gasteiger partial charge < -0.3 is 10.2 Å². The lowest BCUT2D eigenvalue weighted by molar-refractivity contribution is 0.0773. The van der Waals surface area contributed by atoms with Crippen molar-refractivity contribution >= 4 is 15.9 Å².